The van der Waals surface area contributed by atoms with E-state index in [4.69, 9.17) is 16.3 Å². The predicted octanol–water partition coefficient (Wildman–Crippen LogP) is 5.29. The normalized spacial score (nSPS) is 16.5. The maximum Gasteiger partial charge on any atom is 0.254 e. The lowest BCUT2D eigenvalue weighted by Gasteiger charge is -2.33. The molecule has 5 nitrogen and oxygen atoms in total. The molecule has 4 rings (SSSR count). The van der Waals surface area contributed by atoms with Gasteiger partial charge in [0.2, 0.25) is 0 Å². The summed E-state index contributed by atoms with van der Waals surface area (Å²) < 4.78 is 33.5. The van der Waals surface area contributed by atoms with Crippen molar-refractivity contribution in [2.24, 2.45) is 5.10 Å². The summed E-state index contributed by atoms with van der Waals surface area (Å²) in [5.74, 6) is 0.474. The third-order valence-electron chi connectivity index (χ3n) is 5.52. The van der Waals surface area contributed by atoms with Crippen LogP contribution in [0, 0.1) is 0 Å². The smallest absolute Gasteiger partial charge is 0.254 e. The van der Waals surface area contributed by atoms with Crippen LogP contribution in [0.5, 0.6) is 5.75 Å². The van der Waals surface area contributed by atoms with Crippen LogP contribution in [0.2, 0.25) is 5.02 Å². The number of methoxy groups -OCH3 is 1. The van der Waals surface area contributed by atoms with Gasteiger partial charge in [0.1, 0.15) is 5.75 Å². The number of hydrazone groups is 1. The molecular weight excluding hydrogens is 444 g/mol. The van der Waals surface area contributed by atoms with Crippen LogP contribution in [0.3, 0.4) is 0 Å². The number of nitrogens with zero attached hydrogens (tertiary/aromatic N) is 2. The molecule has 0 radical (unpaired) electrons. The molecule has 1 heterocycles. The molecule has 0 amide bonds. The maximum atomic E-state index is 13.5. The third-order valence-corrected chi connectivity index (χ3v) is 7.47. The van der Waals surface area contributed by atoms with Gasteiger partial charge in [0.05, 0.1) is 29.6 Å². The lowest BCUT2D eigenvalue weighted by molar-refractivity contribution is 0.301. The van der Waals surface area contributed by atoms with Crippen molar-refractivity contribution in [2.45, 2.75) is 31.1 Å². The Bertz CT molecular complexity index is 1200. The van der Waals surface area contributed by atoms with Crippen LogP contribution in [-0.4, -0.2) is 31.7 Å². The topological polar surface area (TPSA) is 59.0 Å². The monoisotopic (exact) mass is 468 g/mol. The van der Waals surface area contributed by atoms with Gasteiger partial charge >= 0.3 is 0 Å². The molecule has 0 saturated heterocycles. The van der Waals surface area contributed by atoms with Crippen molar-refractivity contribution in [3.8, 4) is 5.75 Å². The molecule has 7 heteroatoms. The van der Waals surface area contributed by atoms with Crippen LogP contribution in [0.15, 0.2) is 84.0 Å². The first kappa shape index (κ1) is 22.4. The largest absolute Gasteiger partial charge is 0.495 e. The fourth-order valence-corrected chi connectivity index (χ4v) is 5.78. The second kappa shape index (κ2) is 9.76. The predicted molar refractivity (Wildman–Crippen MR) is 129 cm³/mol. The fourth-order valence-electron chi connectivity index (χ4n) is 3.92. The summed E-state index contributed by atoms with van der Waals surface area (Å²) in [4.78, 5) is 0. The molecule has 0 saturated carbocycles. The van der Waals surface area contributed by atoms with Crippen LogP contribution in [0.4, 0.5) is 0 Å². The van der Waals surface area contributed by atoms with E-state index in [0.29, 0.717) is 35.7 Å². The van der Waals surface area contributed by atoms with E-state index in [0.717, 1.165) is 16.7 Å². The Morgan fingerprint density at radius 1 is 1.00 bits per heavy atom. The van der Waals surface area contributed by atoms with Crippen LogP contribution in [0.25, 0.3) is 0 Å². The van der Waals surface area contributed by atoms with Crippen molar-refractivity contribution in [3.05, 3.63) is 101 Å². The van der Waals surface area contributed by atoms with Crippen molar-refractivity contribution in [2.75, 3.05) is 7.11 Å². The number of hydrogen-bond donors (Lipinski definition) is 0. The molecule has 1 atom stereocenters. The summed E-state index contributed by atoms with van der Waals surface area (Å²) >= 11 is 6.31. The number of benzene rings is 3. The molecular formula is C25H25ClN2O3S. The van der Waals surface area contributed by atoms with Crippen LogP contribution >= 0.6 is 11.6 Å². The molecule has 0 aromatic heterocycles. The second-order valence-electron chi connectivity index (χ2n) is 7.79. The molecule has 3 aromatic rings. The van der Waals surface area contributed by atoms with Gasteiger partial charge in [-0.1, -0.05) is 72.3 Å². The summed E-state index contributed by atoms with van der Waals surface area (Å²) in [6.45, 7) is 0. The maximum absolute atomic E-state index is 13.5. The summed E-state index contributed by atoms with van der Waals surface area (Å²) in [6.07, 6.45) is 1.94. The molecule has 166 valence electrons. The fraction of sp³-hybridized carbons (Fsp3) is 0.240. The highest BCUT2D eigenvalue weighted by molar-refractivity contribution is 7.88. The highest BCUT2D eigenvalue weighted by atomic mass is 35.5. The zero-order valence-corrected chi connectivity index (χ0v) is 19.4. The third kappa shape index (κ3) is 5.14. The highest BCUT2D eigenvalue weighted by Crippen LogP contribution is 2.30. The number of ether oxygens (including phenoxy) is 1. The van der Waals surface area contributed by atoms with E-state index >= 15 is 0 Å². The zero-order valence-electron chi connectivity index (χ0n) is 17.8. The van der Waals surface area contributed by atoms with Crippen LogP contribution in [-0.2, 0) is 22.2 Å². The van der Waals surface area contributed by atoms with Gasteiger partial charge in [-0.05, 0) is 54.2 Å². The summed E-state index contributed by atoms with van der Waals surface area (Å²) in [7, 11) is -2.12. The quantitative estimate of drug-likeness (QED) is 0.473. The van der Waals surface area contributed by atoms with Gasteiger partial charge in [-0.25, -0.2) is 8.42 Å². The van der Waals surface area contributed by atoms with Crippen LogP contribution in [0.1, 0.15) is 29.5 Å². The number of hydrogen-bond acceptors (Lipinski definition) is 4. The van der Waals surface area contributed by atoms with Crippen molar-refractivity contribution in [3.63, 3.8) is 0 Å². The van der Waals surface area contributed by atoms with Gasteiger partial charge in [-0.3, -0.25) is 0 Å². The van der Waals surface area contributed by atoms with Gasteiger partial charge in [0, 0.05) is 0 Å². The van der Waals surface area contributed by atoms with Gasteiger partial charge in [0.15, 0.2) is 0 Å². The van der Waals surface area contributed by atoms with E-state index in [-0.39, 0.29) is 11.8 Å². The zero-order chi connectivity index (χ0) is 22.6. The van der Waals surface area contributed by atoms with Crippen LogP contribution < -0.4 is 4.74 Å². The SMILES string of the molecule is COc1ccc(C2=NN(S(=O)(=O)Cc3ccccc3)[C@H](Cc3ccccc3)CC2)cc1Cl. The van der Waals surface area contributed by atoms with Crippen molar-refractivity contribution < 1.29 is 13.2 Å². The molecule has 0 spiro atoms. The second-order valence-corrected chi connectivity index (χ2v) is 10.0. The summed E-state index contributed by atoms with van der Waals surface area (Å²) in [6, 6.07) is 24.3. The van der Waals surface area contributed by atoms with E-state index in [2.05, 4.69) is 5.10 Å². The van der Waals surface area contributed by atoms with Gasteiger partial charge in [-0.2, -0.15) is 9.52 Å². The standard InChI is InChI=1S/C25H25ClN2O3S/c1-31-25-15-12-21(17-23(25)26)24-14-13-22(16-19-8-4-2-5-9-19)28(27-24)32(29,30)18-20-10-6-3-7-11-20/h2-12,15,17,22H,13-14,16,18H2,1H3/t22-/m0/s1. The lowest BCUT2D eigenvalue weighted by atomic mass is 9.97. The number of halogens is 1. The Kier molecular flexibility index (Phi) is 6.82. The Morgan fingerprint density at radius 3 is 2.28 bits per heavy atom. The first-order valence-corrected chi connectivity index (χ1v) is 12.5. The van der Waals surface area contributed by atoms with E-state index < -0.39 is 10.0 Å². The van der Waals surface area contributed by atoms with E-state index in [1.54, 1.807) is 19.2 Å². The van der Waals surface area contributed by atoms with E-state index in [1.165, 1.54) is 4.41 Å². The number of rotatable bonds is 7. The van der Waals surface area contributed by atoms with Crippen molar-refractivity contribution in [1.82, 2.24) is 4.41 Å². The Hall–Kier alpha value is -2.83. The molecule has 0 fully saturated rings. The Balaban J connectivity index is 1.69. The minimum absolute atomic E-state index is 0.0979. The molecule has 32 heavy (non-hydrogen) atoms. The van der Waals surface area contributed by atoms with E-state index in [1.807, 2.05) is 66.7 Å². The molecule has 0 unspecified atom stereocenters. The molecule has 0 aliphatic carbocycles. The average molecular weight is 469 g/mol. The first-order chi connectivity index (χ1) is 15.5. The highest BCUT2D eigenvalue weighted by Gasteiger charge is 2.33. The van der Waals surface area contributed by atoms with E-state index in [9.17, 15) is 8.42 Å². The number of sulfonamides is 1. The average Bonchev–Trinajstić information content (AvgIpc) is 2.80. The molecule has 3 aromatic carbocycles. The van der Waals surface area contributed by atoms with Gasteiger partial charge in [-0.15, -0.1) is 0 Å². The molecule has 0 bridgehead atoms. The molecule has 1 aliphatic rings. The Labute approximate surface area is 194 Å². The molecule has 0 N–H and O–H groups in total. The lowest BCUT2D eigenvalue weighted by Crippen LogP contribution is -2.42. The summed E-state index contributed by atoms with van der Waals surface area (Å²) in [5.41, 5.74) is 3.33. The van der Waals surface area contributed by atoms with Crippen molar-refractivity contribution in [1.29, 1.82) is 0 Å². The minimum Gasteiger partial charge on any atom is -0.495 e. The van der Waals surface area contributed by atoms with Gasteiger partial charge in [0.25, 0.3) is 10.0 Å². The Morgan fingerprint density at radius 2 is 1.66 bits per heavy atom. The van der Waals surface area contributed by atoms with Crippen molar-refractivity contribution >= 4 is 27.3 Å². The summed E-state index contributed by atoms with van der Waals surface area (Å²) in [5, 5.41) is 5.13. The van der Waals surface area contributed by atoms with Gasteiger partial charge < -0.3 is 4.74 Å². The molecule has 1 aliphatic heterocycles. The minimum atomic E-state index is -3.68. The first-order valence-electron chi connectivity index (χ1n) is 10.5.